The number of hydrogen-bond donors (Lipinski definition) is 0. The number of rotatable bonds is 3. The second kappa shape index (κ2) is 4.30. The van der Waals surface area contributed by atoms with Crippen LogP contribution < -0.4 is 4.90 Å². The molecular weight excluding hydrogens is 219 g/mol. The number of halogens is 1. The second-order valence-electron chi connectivity index (χ2n) is 4.62. The van der Waals surface area contributed by atoms with E-state index in [2.05, 4.69) is 4.99 Å². The summed E-state index contributed by atoms with van der Waals surface area (Å²) >= 11 is 0. The number of isocyanates is 1. The zero-order chi connectivity index (χ0) is 12.5. The van der Waals surface area contributed by atoms with Crippen LogP contribution in [0.3, 0.4) is 0 Å². The summed E-state index contributed by atoms with van der Waals surface area (Å²) in [4.78, 5) is 16.2. The summed E-state index contributed by atoms with van der Waals surface area (Å²) in [5.41, 5.74) is 0.756. The van der Waals surface area contributed by atoms with Gasteiger partial charge in [-0.2, -0.15) is 4.99 Å². The molecule has 0 bridgehead atoms. The third kappa shape index (κ3) is 1.85. The average molecular weight is 234 g/mol. The first-order chi connectivity index (χ1) is 8.10. The van der Waals surface area contributed by atoms with Crippen LogP contribution in [-0.4, -0.2) is 20.2 Å². The van der Waals surface area contributed by atoms with Crippen LogP contribution in [0.15, 0.2) is 23.2 Å². The number of benzene rings is 1. The van der Waals surface area contributed by atoms with E-state index in [4.69, 9.17) is 0 Å². The minimum atomic E-state index is -0.552. The highest BCUT2D eigenvalue weighted by Crippen LogP contribution is 2.48. The van der Waals surface area contributed by atoms with Crippen molar-refractivity contribution in [3.63, 3.8) is 0 Å². The minimum absolute atomic E-state index is 0.278. The zero-order valence-corrected chi connectivity index (χ0v) is 10.0. The van der Waals surface area contributed by atoms with Crippen LogP contribution in [-0.2, 0) is 10.3 Å². The fourth-order valence-corrected chi connectivity index (χ4v) is 2.39. The van der Waals surface area contributed by atoms with E-state index in [0.717, 1.165) is 24.8 Å². The highest BCUT2D eigenvalue weighted by atomic mass is 19.1. The highest BCUT2D eigenvalue weighted by molar-refractivity contribution is 5.58. The Morgan fingerprint density at radius 2 is 2.12 bits per heavy atom. The maximum atomic E-state index is 13.9. The number of anilines is 1. The lowest BCUT2D eigenvalue weighted by Crippen LogP contribution is -2.34. The molecule has 0 aromatic heterocycles. The van der Waals surface area contributed by atoms with Crippen molar-refractivity contribution in [2.75, 3.05) is 19.0 Å². The van der Waals surface area contributed by atoms with E-state index in [0.29, 0.717) is 5.69 Å². The monoisotopic (exact) mass is 234 g/mol. The smallest absolute Gasteiger partial charge is 0.235 e. The third-order valence-corrected chi connectivity index (χ3v) is 3.38. The highest BCUT2D eigenvalue weighted by Gasteiger charge is 2.41. The van der Waals surface area contributed by atoms with Gasteiger partial charge in [-0.05, 0) is 25.3 Å². The Kier molecular flexibility index (Phi) is 2.99. The van der Waals surface area contributed by atoms with Crippen LogP contribution in [0.2, 0.25) is 0 Å². The molecule has 0 saturated heterocycles. The van der Waals surface area contributed by atoms with Gasteiger partial charge in [-0.25, -0.2) is 9.18 Å². The van der Waals surface area contributed by atoms with Crippen LogP contribution in [0.5, 0.6) is 0 Å². The normalized spacial score (nSPS) is 16.9. The summed E-state index contributed by atoms with van der Waals surface area (Å²) in [7, 11) is 3.58. The SMILES string of the molecule is CN(C)c1c(F)cccc1C1(N=C=O)CCC1. The molecule has 1 aliphatic carbocycles. The lowest BCUT2D eigenvalue weighted by Gasteiger charge is -2.39. The Hall–Kier alpha value is -1.67. The number of hydrogen-bond acceptors (Lipinski definition) is 3. The summed E-state index contributed by atoms with van der Waals surface area (Å²) in [5.74, 6) is -0.278. The van der Waals surface area contributed by atoms with E-state index in [9.17, 15) is 9.18 Å². The molecule has 0 unspecified atom stereocenters. The van der Waals surface area contributed by atoms with Gasteiger partial charge in [0.15, 0.2) is 0 Å². The van der Waals surface area contributed by atoms with Crippen molar-refractivity contribution in [1.29, 1.82) is 0 Å². The lowest BCUT2D eigenvalue weighted by atomic mass is 9.71. The Bertz CT molecular complexity index is 474. The molecule has 2 rings (SSSR count). The van der Waals surface area contributed by atoms with Crippen LogP contribution >= 0.6 is 0 Å². The van der Waals surface area contributed by atoms with Gasteiger partial charge in [-0.1, -0.05) is 12.1 Å². The summed E-state index contributed by atoms with van der Waals surface area (Å²) in [6.45, 7) is 0. The first-order valence-corrected chi connectivity index (χ1v) is 5.66. The molecule has 3 nitrogen and oxygen atoms in total. The Labute approximate surface area is 100.0 Å². The minimum Gasteiger partial charge on any atom is -0.375 e. The van der Waals surface area contributed by atoms with Crippen molar-refractivity contribution < 1.29 is 9.18 Å². The van der Waals surface area contributed by atoms with Gasteiger partial charge in [0, 0.05) is 19.7 Å². The van der Waals surface area contributed by atoms with Gasteiger partial charge in [0.05, 0.1) is 5.69 Å². The molecule has 0 atom stereocenters. The first-order valence-electron chi connectivity index (χ1n) is 5.66. The Morgan fingerprint density at radius 1 is 1.41 bits per heavy atom. The van der Waals surface area contributed by atoms with Crippen LogP contribution in [0, 0.1) is 5.82 Å². The van der Waals surface area contributed by atoms with Gasteiger partial charge >= 0.3 is 0 Å². The molecule has 0 amide bonds. The second-order valence-corrected chi connectivity index (χ2v) is 4.62. The molecule has 0 N–H and O–H groups in total. The maximum absolute atomic E-state index is 13.9. The predicted molar refractivity (Wildman–Crippen MR) is 64.4 cm³/mol. The molecule has 0 spiro atoms. The van der Waals surface area contributed by atoms with E-state index in [-0.39, 0.29) is 5.82 Å². The summed E-state index contributed by atoms with van der Waals surface area (Å²) in [6.07, 6.45) is 4.21. The van der Waals surface area contributed by atoms with E-state index < -0.39 is 5.54 Å². The Balaban J connectivity index is 2.58. The summed E-state index contributed by atoms with van der Waals surface area (Å²) < 4.78 is 13.9. The standard InChI is InChI=1S/C13H15FN2O/c1-16(2)12-10(5-3-6-11(12)14)13(15-9-17)7-4-8-13/h3,5-6H,4,7-8H2,1-2H3. The summed E-state index contributed by atoms with van der Waals surface area (Å²) in [5, 5.41) is 0. The maximum Gasteiger partial charge on any atom is 0.235 e. The van der Waals surface area contributed by atoms with Gasteiger partial charge in [0.2, 0.25) is 6.08 Å². The van der Waals surface area contributed by atoms with E-state index in [1.54, 1.807) is 31.1 Å². The number of aliphatic imine (C=N–C) groups is 1. The first kappa shape index (κ1) is 11.8. The van der Waals surface area contributed by atoms with Gasteiger partial charge in [-0.3, -0.25) is 0 Å². The van der Waals surface area contributed by atoms with Crippen LogP contribution in [0.4, 0.5) is 10.1 Å². The number of para-hydroxylation sites is 1. The van der Waals surface area contributed by atoms with Crippen molar-refractivity contribution in [2.24, 2.45) is 4.99 Å². The molecule has 1 aromatic rings. The fraction of sp³-hybridized carbons (Fsp3) is 0.462. The van der Waals surface area contributed by atoms with Gasteiger partial charge in [0.25, 0.3) is 0 Å². The van der Waals surface area contributed by atoms with Crippen molar-refractivity contribution in [1.82, 2.24) is 0 Å². The molecule has 17 heavy (non-hydrogen) atoms. The van der Waals surface area contributed by atoms with Crippen molar-refractivity contribution >= 4 is 11.8 Å². The molecule has 1 fully saturated rings. The molecule has 1 aliphatic rings. The van der Waals surface area contributed by atoms with Crippen molar-refractivity contribution in [2.45, 2.75) is 24.8 Å². The molecular formula is C13H15FN2O. The number of nitrogens with zero attached hydrogens (tertiary/aromatic N) is 2. The molecule has 4 heteroatoms. The molecule has 0 radical (unpaired) electrons. The third-order valence-electron chi connectivity index (χ3n) is 3.38. The molecule has 90 valence electrons. The van der Waals surface area contributed by atoms with Crippen LogP contribution in [0.25, 0.3) is 0 Å². The molecule has 0 aliphatic heterocycles. The topological polar surface area (TPSA) is 32.7 Å². The molecule has 1 saturated carbocycles. The summed E-state index contributed by atoms with van der Waals surface area (Å²) in [6, 6.07) is 4.94. The van der Waals surface area contributed by atoms with E-state index >= 15 is 0 Å². The van der Waals surface area contributed by atoms with Crippen LogP contribution in [0.1, 0.15) is 24.8 Å². The van der Waals surface area contributed by atoms with E-state index in [1.807, 2.05) is 6.07 Å². The Morgan fingerprint density at radius 3 is 2.59 bits per heavy atom. The van der Waals surface area contributed by atoms with Gasteiger partial charge < -0.3 is 4.90 Å². The van der Waals surface area contributed by atoms with E-state index in [1.165, 1.54) is 6.07 Å². The fourth-order valence-electron chi connectivity index (χ4n) is 2.39. The molecule has 0 heterocycles. The van der Waals surface area contributed by atoms with Gasteiger partial charge in [-0.15, -0.1) is 0 Å². The quantitative estimate of drug-likeness (QED) is 0.595. The predicted octanol–water partition coefficient (Wildman–Crippen LogP) is 2.61. The van der Waals surface area contributed by atoms with Crippen molar-refractivity contribution in [3.8, 4) is 0 Å². The molecule has 1 aromatic carbocycles. The van der Waals surface area contributed by atoms with Gasteiger partial charge in [0.1, 0.15) is 11.4 Å². The lowest BCUT2D eigenvalue weighted by molar-refractivity contribution is 0.255. The largest absolute Gasteiger partial charge is 0.375 e. The zero-order valence-electron chi connectivity index (χ0n) is 10.0. The number of carbonyl (C=O) groups excluding carboxylic acids is 1. The van der Waals surface area contributed by atoms with Crippen molar-refractivity contribution in [3.05, 3.63) is 29.6 Å². The average Bonchev–Trinajstić information content (AvgIpc) is 2.22.